The molecule has 0 amide bonds. The van der Waals surface area contributed by atoms with E-state index in [0.717, 1.165) is 11.1 Å². The molecule has 0 aromatic heterocycles. The number of hydrogen-bond donors (Lipinski definition) is 2. The Morgan fingerprint density at radius 3 is 1.23 bits per heavy atom. The third kappa shape index (κ3) is 4.06. The first kappa shape index (κ1) is 15.5. The van der Waals surface area contributed by atoms with Crippen molar-refractivity contribution in [1.82, 2.24) is 0 Å². The van der Waals surface area contributed by atoms with Crippen molar-refractivity contribution >= 4 is 11.9 Å². The molecule has 4 heteroatoms. The zero-order valence-electron chi connectivity index (χ0n) is 11.9. The monoisotopic (exact) mass is 296 g/mol. The number of hydrogen-bond acceptors (Lipinski definition) is 2. The SMILES string of the molecule is O=C(O)/C(Cc1ccccc1)=C(\Cc1ccccc1)C(=O)O. The number of benzene rings is 2. The lowest BCUT2D eigenvalue weighted by Crippen LogP contribution is -2.15. The molecular weight excluding hydrogens is 280 g/mol. The number of carbonyl (C=O) groups is 2. The summed E-state index contributed by atoms with van der Waals surface area (Å²) < 4.78 is 0. The van der Waals surface area contributed by atoms with Gasteiger partial charge in [-0.2, -0.15) is 0 Å². The molecule has 2 aromatic rings. The van der Waals surface area contributed by atoms with Gasteiger partial charge in [-0.1, -0.05) is 60.7 Å². The van der Waals surface area contributed by atoms with Gasteiger partial charge >= 0.3 is 11.9 Å². The molecule has 4 nitrogen and oxygen atoms in total. The molecule has 0 unspecified atom stereocenters. The van der Waals surface area contributed by atoms with Crippen LogP contribution in [0, 0.1) is 0 Å². The van der Waals surface area contributed by atoms with Gasteiger partial charge in [0.05, 0.1) is 11.1 Å². The first-order valence-electron chi connectivity index (χ1n) is 6.84. The number of carboxylic acids is 2. The van der Waals surface area contributed by atoms with E-state index in [0.29, 0.717) is 0 Å². The highest BCUT2D eigenvalue weighted by Crippen LogP contribution is 2.17. The van der Waals surface area contributed by atoms with E-state index in [2.05, 4.69) is 0 Å². The molecule has 22 heavy (non-hydrogen) atoms. The average molecular weight is 296 g/mol. The quantitative estimate of drug-likeness (QED) is 0.804. The summed E-state index contributed by atoms with van der Waals surface area (Å²) in [5.41, 5.74) is 1.38. The van der Waals surface area contributed by atoms with E-state index in [-0.39, 0.29) is 24.0 Å². The van der Waals surface area contributed by atoms with E-state index < -0.39 is 11.9 Å². The highest BCUT2D eigenvalue weighted by atomic mass is 16.4. The van der Waals surface area contributed by atoms with Crippen LogP contribution in [0.25, 0.3) is 0 Å². The Morgan fingerprint density at radius 2 is 0.955 bits per heavy atom. The minimum Gasteiger partial charge on any atom is -0.478 e. The van der Waals surface area contributed by atoms with Gasteiger partial charge in [-0.3, -0.25) is 0 Å². The van der Waals surface area contributed by atoms with E-state index in [9.17, 15) is 19.8 Å². The van der Waals surface area contributed by atoms with Crippen LogP contribution in [0.3, 0.4) is 0 Å². The summed E-state index contributed by atoms with van der Waals surface area (Å²) in [5, 5.41) is 18.8. The van der Waals surface area contributed by atoms with Crippen molar-refractivity contribution in [1.29, 1.82) is 0 Å². The van der Waals surface area contributed by atoms with E-state index >= 15 is 0 Å². The van der Waals surface area contributed by atoms with Gasteiger partial charge in [-0.05, 0) is 11.1 Å². The second-order valence-corrected chi connectivity index (χ2v) is 4.89. The summed E-state index contributed by atoms with van der Waals surface area (Å²) in [6.45, 7) is 0. The molecule has 0 atom stereocenters. The zero-order valence-corrected chi connectivity index (χ0v) is 11.9. The Kier molecular flexibility index (Phi) is 5.09. The highest BCUT2D eigenvalue weighted by Gasteiger charge is 2.20. The van der Waals surface area contributed by atoms with Crippen LogP contribution >= 0.6 is 0 Å². The van der Waals surface area contributed by atoms with Crippen LogP contribution in [0.2, 0.25) is 0 Å². The van der Waals surface area contributed by atoms with Crippen molar-refractivity contribution in [3.63, 3.8) is 0 Å². The molecular formula is C18H16O4. The Balaban J connectivity index is 2.39. The maximum Gasteiger partial charge on any atom is 0.332 e. The lowest BCUT2D eigenvalue weighted by molar-refractivity contribution is -0.136. The maximum atomic E-state index is 11.5. The van der Waals surface area contributed by atoms with E-state index in [1.165, 1.54) is 0 Å². The zero-order chi connectivity index (χ0) is 15.9. The molecule has 0 bridgehead atoms. The molecule has 112 valence electrons. The fourth-order valence-electron chi connectivity index (χ4n) is 2.22. The Morgan fingerprint density at radius 1 is 0.636 bits per heavy atom. The Hall–Kier alpha value is -2.88. The first-order valence-corrected chi connectivity index (χ1v) is 6.84. The van der Waals surface area contributed by atoms with Gasteiger partial charge in [0, 0.05) is 12.8 Å². The van der Waals surface area contributed by atoms with Crippen LogP contribution in [-0.2, 0) is 22.4 Å². The smallest absolute Gasteiger partial charge is 0.332 e. The molecule has 0 aliphatic rings. The summed E-state index contributed by atoms with van der Waals surface area (Å²) >= 11 is 0. The molecule has 0 saturated carbocycles. The summed E-state index contributed by atoms with van der Waals surface area (Å²) in [4.78, 5) is 23.0. The molecule has 2 aromatic carbocycles. The highest BCUT2D eigenvalue weighted by molar-refractivity contribution is 5.99. The van der Waals surface area contributed by atoms with E-state index in [4.69, 9.17) is 0 Å². The van der Waals surface area contributed by atoms with Crippen molar-refractivity contribution in [2.24, 2.45) is 0 Å². The predicted octanol–water partition coefficient (Wildman–Crippen LogP) is 2.94. The third-order valence-electron chi connectivity index (χ3n) is 3.33. The fourth-order valence-corrected chi connectivity index (χ4v) is 2.22. The fraction of sp³-hybridized carbons (Fsp3) is 0.111. The lowest BCUT2D eigenvalue weighted by Gasteiger charge is -2.09. The predicted molar refractivity (Wildman–Crippen MR) is 82.6 cm³/mol. The van der Waals surface area contributed by atoms with Crippen molar-refractivity contribution in [2.45, 2.75) is 12.8 Å². The summed E-state index contributed by atoms with van der Waals surface area (Å²) in [6.07, 6.45) is 0.176. The van der Waals surface area contributed by atoms with Gasteiger partial charge in [0.15, 0.2) is 0 Å². The number of aliphatic carboxylic acids is 2. The molecule has 0 heterocycles. The van der Waals surface area contributed by atoms with E-state index in [1.807, 2.05) is 12.1 Å². The minimum atomic E-state index is -1.20. The molecule has 0 aliphatic carbocycles. The van der Waals surface area contributed by atoms with Gasteiger partial charge in [0.2, 0.25) is 0 Å². The van der Waals surface area contributed by atoms with Gasteiger partial charge < -0.3 is 10.2 Å². The summed E-state index contributed by atoms with van der Waals surface area (Å²) in [5.74, 6) is -2.39. The maximum absolute atomic E-state index is 11.5. The van der Waals surface area contributed by atoms with Gasteiger partial charge in [0.25, 0.3) is 0 Å². The van der Waals surface area contributed by atoms with Crippen LogP contribution in [0.4, 0.5) is 0 Å². The molecule has 0 fully saturated rings. The van der Waals surface area contributed by atoms with Crippen LogP contribution < -0.4 is 0 Å². The third-order valence-corrected chi connectivity index (χ3v) is 3.33. The summed E-state index contributed by atoms with van der Waals surface area (Å²) in [6, 6.07) is 18.0. The van der Waals surface area contributed by atoms with Crippen LogP contribution in [0.1, 0.15) is 11.1 Å². The second kappa shape index (κ2) is 7.22. The topological polar surface area (TPSA) is 74.6 Å². The Labute approximate surface area is 128 Å². The average Bonchev–Trinajstić information content (AvgIpc) is 2.52. The molecule has 0 aliphatic heterocycles. The number of rotatable bonds is 6. The van der Waals surface area contributed by atoms with Crippen LogP contribution in [0.15, 0.2) is 71.8 Å². The second-order valence-electron chi connectivity index (χ2n) is 4.89. The molecule has 0 spiro atoms. The van der Waals surface area contributed by atoms with Crippen molar-refractivity contribution < 1.29 is 19.8 Å². The molecule has 2 rings (SSSR count). The van der Waals surface area contributed by atoms with Gasteiger partial charge in [-0.25, -0.2) is 9.59 Å². The van der Waals surface area contributed by atoms with Crippen molar-refractivity contribution in [3.05, 3.63) is 82.9 Å². The Bertz CT molecular complexity index is 626. The van der Waals surface area contributed by atoms with Crippen LogP contribution in [0.5, 0.6) is 0 Å². The molecule has 2 N–H and O–H groups in total. The largest absolute Gasteiger partial charge is 0.478 e. The number of carboxylic acid groups (broad SMARTS) is 2. The van der Waals surface area contributed by atoms with E-state index in [1.54, 1.807) is 48.5 Å². The minimum absolute atomic E-state index is 0.0810. The molecule has 0 saturated heterocycles. The summed E-state index contributed by atoms with van der Waals surface area (Å²) in [7, 11) is 0. The van der Waals surface area contributed by atoms with Crippen molar-refractivity contribution in [3.8, 4) is 0 Å². The van der Waals surface area contributed by atoms with Crippen LogP contribution in [-0.4, -0.2) is 22.2 Å². The normalized spacial score (nSPS) is 11.6. The van der Waals surface area contributed by atoms with Crippen molar-refractivity contribution in [2.75, 3.05) is 0 Å². The standard InChI is InChI=1S/C18H16O4/c19-17(20)15(11-13-7-3-1-4-8-13)16(18(21)22)12-14-9-5-2-6-10-14/h1-10H,11-12H2,(H,19,20)(H,21,22)/b16-15+. The van der Waals surface area contributed by atoms with Gasteiger partial charge in [-0.15, -0.1) is 0 Å². The van der Waals surface area contributed by atoms with Gasteiger partial charge in [0.1, 0.15) is 0 Å². The molecule has 0 radical (unpaired) electrons. The lowest BCUT2D eigenvalue weighted by atomic mass is 9.95. The first-order chi connectivity index (χ1) is 10.6.